The standard InChI is InChI=1S/C10H19N3OS/c1-5-7(4)8(11)9-12-13-10(14-9)15-6(2)3/h6-8H,5,11H2,1-4H3. The van der Waals surface area contributed by atoms with E-state index in [9.17, 15) is 0 Å². The van der Waals surface area contributed by atoms with Gasteiger partial charge in [0.15, 0.2) is 0 Å². The normalized spacial score (nSPS) is 15.6. The predicted molar refractivity (Wildman–Crippen MR) is 61.7 cm³/mol. The van der Waals surface area contributed by atoms with Crippen molar-refractivity contribution in [3.63, 3.8) is 0 Å². The third kappa shape index (κ3) is 3.50. The monoisotopic (exact) mass is 229 g/mol. The topological polar surface area (TPSA) is 64.9 Å². The van der Waals surface area contributed by atoms with Crippen LogP contribution in [0.25, 0.3) is 0 Å². The van der Waals surface area contributed by atoms with Gasteiger partial charge in [-0.05, 0) is 5.92 Å². The van der Waals surface area contributed by atoms with E-state index < -0.39 is 0 Å². The highest BCUT2D eigenvalue weighted by Gasteiger charge is 2.20. The molecule has 1 rings (SSSR count). The van der Waals surface area contributed by atoms with Gasteiger partial charge in [-0.15, -0.1) is 10.2 Å². The second-order valence-corrected chi connectivity index (χ2v) is 5.51. The van der Waals surface area contributed by atoms with E-state index in [-0.39, 0.29) is 6.04 Å². The fourth-order valence-corrected chi connectivity index (χ4v) is 1.73. The van der Waals surface area contributed by atoms with E-state index in [0.717, 1.165) is 6.42 Å². The summed E-state index contributed by atoms with van der Waals surface area (Å²) >= 11 is 1.56. The summed E-state index contributed by atoms with van der Waals surface area (Å²) in [6.45, 7) is 8.36. The second kappa shape index (κ2) is 5.51. The van der Waals surface area contributed by atoms with Crippen molar-refractivity contribution in [1.82, 2.24) is 10.2 Å². The van der Waals surface area contributed by atoms with Crippen molar-refractivity contribution < 1.29 is 4.42 Å². The van der Waals surface area contributed by atoms with Crippen molar-refractivity contribution in [3.05, 3.63) is 5.89 Å². The summed E-state index contributed by atoms with van der Waals surface area (Å²) in [6, 6.07) is -0.149. The number of rotatable bonds is 5. The Morgan fingerprint density at radius 1 is 1.33 bits per heavy atom. The number of thioether (sulfide) groups is 1. The fourth-order valence-electron chi connectivity index (χ4n) is 1.10. The Balaban J connectivity index is 2.66. The molecule has 1 aromatic rings. The van der Waals surface area contributed by atoms with Gasteiger partial charge >= 0.3 is 0 Å². The first-order valence-corrected chi connectivity index (χ1v) is 6.18. The molecule has 2 unspecified atom stereocenters. The Bertz CT molecular complexity index is 301. The highest BCUT2D eigenvalue weighted by Crippen LogP contribution is 2.25. The molecule has 0 fully saturated rings. The van der Waals surface area contributed by atoms with Crippen LogP contribution < -0.4 is 5.73 Å². The number of nitrogens with two attached hydrogens (primary N) is 1. The summed E-state index contributed by atoms with van der Waals surface area (Å²) in [4.78, 5) is 0. The van der Waals surface area contributed by atoms with Gasteiger partial charge < -0.3 is 10.2 Å². The molecule has 0 aliphatic rings. The predicted octanol–water partition coefficient (Wildman–Crippen LogP) is 2.62. The van der Waals surface area contributed by atoms with Gasteiger partial charge in [0.1, 0.15) is 0 Å². The van der Waals surface area contributed by atoms with Gasteiger partial charge in [0.2, 0.25) is 5.89 Å². The third-order valence-corrected chi connectivity index (χ3v) is 3.14. The van der Waals surface area contributed by atoms with Gasteiger partial charge in [0, 0.05) is 5.25 Å². The molecule has 0 aliphatic carbocycles. The molecule has 1 heterocycles. The molecule has 0 amide bonds. The minimum absolute atomic E-state index is 0.149. The summed E-state index contributed by atoms with van der Waals surface area (Å²) in [5.41, 5.74) is 5.99. The van der Waals surface area contributed by atoms with Crippen molar-refractivity contribution in [1.29, 1.82) is 0 Å². The van der Waals surface area contributed by atoms with Gasteiger partial charge in [0.25, 0.3) is 5.22 Å². The molecule has 5 heteroatoms. The zero-order valence-electron chi connectivity index (χ0n) is 9.73. The van der Waals surface area contributed by atoms with Gasteiger partial charge in [-0.1, -0.05) is 45.9 Å². The van der Waals surface area contributed by atoms with Crippen molar-refractivity contribution >= 4 is 11.8 Å². The van der Waals surface area contributed by atoms with E-state index in [4.69, 9.17) is 10.2 Å². The fraction of sp³-hybridized carbons (Fsp3) is 0.800. The molecule has 86 valence electrons. The molecule has 0 bridgehead atoms. The van der Waals surface area contributed by atoms with E-state index in [1.807, 2.05) is 0 Å². The van der Waals surface area contributed by atoms with E-state index >= 15 is 0 Å². The lowest BCUT2D eigenvalue weighted by Gasteiger charge is -2.13. The van der Waals surface area contributed by atoms with Crippen LogP contribution in [0.15, 0.2) is 9.64 Å². The molecule has 15 heavy (non-hydrogen) atoms. The molecule has 1 aromatic heterocycles. The van der Waals surface area contributed by atoms with Crippen LogP contribution in [0.2, 0.25) is 0 Å². The molecular formula is C10H19N3OS. The Kier molecular flexibility index (Phi) is 4.60. The first kappa shape index (κ1) is 12.5. The summed E-state index contributed by atoms with van der Waals surface area (Å²) in [7, 11) is 0. The largest absolute Gasteiger partial charge is 0.414 e. The SMILES string of the molecule is CCC(C)C(N)c1nnc(SC(C)C)o1. The lowest BCUT2D eigenvalue weighted by atomic mass is 10.0. The number of aromatic nitrogens is 2. The van der Waals surface area contributed by atoms with Crippen LogP contribution in [0.5, 0.6) is 0 Å². The first-order chi connectivity index (χ1) is 7.04. The Hall–Kier alpha value is -0.550. The van der Waals surface area contributed by atoms with Crippen LogP contribution in [0.1, 0.15) is 46.0 Å². The van der Waals surface area contributed by atoms with Gasteiger partial charge in [-0.3, -0.25) is 0 Å². The average Bonchev–Trinajstić information content (AvgIpc) is 2.63. The molecule has 0 radical (unpaired) electrons. The maximum absolute atomic E-state index is 5.99. The zero-order chi connectivity index (χ0) is 11.4. The van der Waals surface area contributed by atoms with Gasteiger partial charge in [-0.2, -0.15) is 0 Å². The summed E-state index contributed by atoms with van der Waals surface area (Å²) in [5.74, 6) is 0.912. The van der Waals surface area contributed by atoms with E-state index in [1.54, 1.807) is 11.8 Å². The van der Waals surface area contributed by atoms with Crippen molar-refractivity contribution in [2.75, 3.05) is 0 Å². The van der Waals surface area contributed by atoms with Crippen molar-refractivity contribution in [3.8, 4) is 0 Å². The van der Waals surface area contributed by atoms with E-state index in [1.165, 1.54) is 0 Å². The number of nitrogens with zero attached hydrogens (tertiary/aromatic N) is 2. The summed E-state index contributed by atoms with van der Waals surface area (Å²) in [5, 5.41) is 8.99. The summed E-state index contributed by atoms with van der Waals surface area (Å²) < 4.78 is 5.49. The molecule has 0 aliphatic heterocycles. The molecule has 4 nitrogen and oxygen atoms in total. The van der Waals surface area contributed by atoms with Crippen molar-refractivity contribution in [2.24, 2.45) is 11.7 Å². The van der Waals surface area contributed by atoms with Crippen molar-refractivity contribution in [2.45, 2.75) is 50.6 Å². The van der Waals surface area contributed by atoms with Gasteiger partial charge in [0.05, 0.1) is 6.04 Å². The lowest BCUT2D eigenvalue weighted by molar-refractivity contribution is 0.333. The average molecular weight is 229 g/mol. The maximum atomic E-state index is 5.99. The smallest absolute Gasteiger partial charge is 0.276 e. The molecule has 2 atom stereocenters. The third-order valence-electron chi connectivity index (χ3n) is 2.30. The summed E-state index contributed by atoms with van der Waals surface area (Å²) in [6.07, 6.45) is 1.01. The van der Waals surface area contributed by atoms with Crippen LogP contribution >= 0.6 is 11.8 Å². The zero-order valence-corrected chi connectivity index (χ0v) is 10.5. The lowest BCUT2D eigenvalue weighted by Crippen LogP contribution is -2.18. The van der Waals surface area contributed by atoms with Crippen LogP contribution in [0.3, 0.4) is 0 Å². The quantitative estimate of drug-likeness (QED) is 0.786. The molecule has 2 N–H and O–H groups in total. The minimum Gasteiger partial charge on any atom is -0.414 e. The molecule has 0 aromatic carbocycles. The molecule has 0 saturated carbocycles. The highest BCUT2D eigenvalue weighted by molar-refractivity contribution is 7.99. The Morgan fingerprint density at radius 3 is 2.53 bits per heavy atom. The van der Waals surface area contributed by atoms with Crippen LogP contribution in [0.4, 0.5) is 0 Å². The number of hydrogen-bond donors (Lipinski definition) is 1. The molecule has 0 spiro atoms. The maximum Gasteiger partial charge on any atom is 0.276 e. The van der Waals surface area contributed by atoms with E-state index in [0.29, 0.717) is 22.3 Å². The van der Waals surface area contributed by atoms with Crippen LogP contribution in [0, 0.1) is 5.92 Å². The Labute approximate surface area is 95.0 Å². The van der Waals surface area contributed by atoms with Crippen LogP contribution in [-0.2, 0) is 0 Å². The van der Waals surface area contributed by atoms with Gasteiger partial charge in [-0.25, -0.2) is 0 Å². The molecular weight excluding hydrogens is 210 g/mol. The van der Waals surface area contributed by atoms with Crippen LogP contribution in [-0.4, -0.2) is 15.4 Å². The van der Waals surface area contributed by atoms with E-state index in [2.05, 4.69) is 37.9 Å². The first-order valence-electron chi connectivity index (χ1n) is 5.30. The second-order valence-electron chi connectivity index (χ2n) is 3.98. The minimum atomic E-state index is -0.149. The Morgan fingerprint density at radius 2 is 2.00 bits per heavy atom. The number of hydrogen-bond acceptors (Lipinski definition) is 5. The molecule has 0 saturated heterocycles. The highest BCUT2D eigenvalue weighted by atomic mass is 32.2.